The van der Waals surface area contributed by atoms with Crippen molar-refractivity contribution in [3.8, 4) is 6.07 Å². The highest BCUT2D eigenvalue weighted by atomic mass is 32.2. The van der Waals surface area contributed by atoms with Gasteiger partial charge in [0.25, 0.3) is 5.69 Å². The Bertz CT molecular complexity index is 689. The van der Waals surface area contributed by atoms with Crippen molar-refractivity contribution in [3.63, 3.8) is 0 Å². The molecule has 2 aromatic rings. The van der Waals surface area contributed by atoms with Gasteiger partial charge in [0.05, 0.1) is 4.92 Å². The van der Waals surface area contributed by atoms with Gasteiger partial charge in [-0.15, -0.1) is 10.2 Å². The minimum atomic E-state index is -0.565. The molecule has 0 N–H and O–H groups in total. The van der Waals surface area contributed by atoms with Gasteiger partial charge < -0.3 is 4.57 Å². The molecule has 0 aliphatic carbocycles. The number of aromatic nitrogens is 3. The van der Waals surface area contributed by atoms with Crippen LogP contribution in [-0.2, 0) is 7.05 Å². The summed E-state index contributed by atoms with van der Waals surface area (Å²) in [5.41, 5.74) is -0.158. The fourth-order valence-electron chi connectivity index (χ4n) is 1.40. The van der Waals surface area contributed by atoms with Gasteiger partial charge in [0.2, 0.25) is 0 Å². The molecular weight excluding hydrogens is 266 g/mol. The second kappa shape index (κ2) is 5.07. The predicted octanol–water partition coefficient (Wildman–Crippen LogP) is 2.05. The Morgan fingerprint density at radius 1 is 1.47 bits per heavy atom. The van der Waals surface area contributed by atoms with Crippen LogP contribution in [0.25, 0.3) is 0 Å². The summed E-state index contributed by atoms with van der Waals surface area (Å²) in [6.45, 7) is 1.82. The van der Waals surface area contributed by atoms with E-state index in [-0.39, 0.29) is 11.3 Å². The van der Waals surface area contributed by atoms with Crippen LogP contribution in [0.2, 0.25) is 0 Å². The van der Waals surface area contributed by atoms with Crippen molar-refractivity contribution >= 4 is 17.4 Å². The van der Waals surface area contributed by atoms with Crippen LogP contribution in [0.4, 0.5) is 5.69 Å². The number of nitro groups is 1. The Kier molecular flexibility index (Phi) is 3.48. The van der Waals surface area contributed by atoms with Crippen LogP contribution in [0.1, 0.15) is 11.4 Å². The van der Waals surface area contributed by atoms with E-state index in [0.29, 0.717) is 10.1 Å². The van der Waals surface area contributed by atoms with Crippen molar-refractivity contribution < 1.29 is 4.92 Å². The summed E-state index contributed by atoms with van der Waals surface area (Å²) in [5, 5.41) is 28.2. The van der Waals surface area contributed by atoms with E-state index in [9.17, 15) is 10.1 Å². The van der Waals surface area contributed by atoms with E-state index in [1.807, 2.05) is 14.0 Å². The number of hydrogen-bond donors (Lipinski definition) is 0. The first-order valence-electron chi connectivity index (χ1n) is 5.25. The number of nitrogens with zero attached hydrogens (tertiary/aromatic N) is 5. The lowest BCUT2D eigenvalue weighted by molar-refractivity contribution is -0.385. The third kappa shape index (κ3) is 2.56. The molecule has 0 aliphatic heterocycles. The van der Waals surface area contributed by atoms with Gasteiger partial charge in [0.1, 0.15) is 17.5 Å². The molecule has 96 valence electrons. The van der Waals surface area contributed by atoms with Gasteiger partial charge in [-0.1, -0.05) is 0 Å². The summed E-state index contributed by atoms with van der Waals surface area (Å²) in [6, 6.07) is 6.25. The van der Waals surface area contributed by atoms with Gasteiger partial charge in [-0.05, 0) is 30.8 Å². The van der Waals surface area contributed by atoms with E-state index in [1.54, 1.807) is 16.7 Å². The first kappa shape index (κ1) is 13.0. The molecule has 1 aromatic heterocycles. The lowest BCUT2D eigenvalue weighted by Gasteiger charge is -2.02. The van der Waals surface area contributed by atoms with Crippen LogP contribution < -0.4 is 0 Å². The van der Waals surface area contributed by atoms with E-state index in [2.05, 4.69) is 10.2 Å². The summed E-state index contributed by atoms with van der Waals surface area (Å²) < 4.78 is 1.79. The number of aryl methyl sites for hydroxylation is 1. The Hall–Kier alpha value is -2.40. The first-order chi connectivity index (χ1) is 9.02. The Balaban J connectivity index is 2.37. The molecule has 1 heterocycles. The summed E-state index contributed by atoms with van der Waals surface area (Å²) in [6.07, 6.45) is 0. The predicted molar refractivity (Wildman–Crippen MR) is 67.7 cm³/mol. The van der Waals surface area contributed by atoms with E-state index in [4.69, 9.17) is 5.26 Å². The summed E-state index contributed by atoms with van der Waals surface area (Å²) >= 11 is 1.26. The van der Waals surface area contributed by atoms with Gasteiger partial charge >= 0.3 is 0 Å². The van der Waals surface area contributed by atoms with Crippen molar-refractivity contribution in [1.82, 2.24) is 14.8 Å². The van der Waals surface area contributed by atoms with Crippen molar-refractivity contribution in [2.24, 2.45) is 7.05 Å². The molecule has 0 atom stereocenters. The largest absolute Gasteiger partial charge is 0.309 e. The van der Waals surface area contributed by atoms with Crippen LogP contribution in [0, 0.1) is 28.4 Å². The lowest BCUT2D eigenvalue weighted by atomic mass is 10.2. The van der Waals surface area contributed by atoms with Gasteiger partial charge in [-0.3, -0.25) is 10.1 Å². The molecule has 1 aromatic carbocycles. The third-order valence-corrected chi connectivity index (χ3v) is 3.58. The number of hydrogen-bond acceptors (Lipinski definition) is 6. The fourth-order valence-corrected chi connectivity index (χ4v) is 2.27. The fraction of sp³-hybridized carbons (Fsp3) is 0.182. The third-order valence-electron chi connectivity index (χ3n) is 2.55. The monoisotopic (exact) mass is 275 g/mol. The molecule has 2 rings (SSSR count). The standard InChI is InChI=1S/C11H9N5O2S/c1-7-13-14-11(15(7)2)19-9-4-3-8(6-12)10(5-9)16(17)18/h3-5H,1-2H3. The highest BCUT2D eigenvalue weighted by Gasteiger charge is 2.16. The normalized spacial score (nSPS) is 10.2. The van der Waals surface area contributed by atoms with Gasteiger partial charge in [-0.2, -0.15) is 5.26 Å². The lowest BCUT2D eigenvalue weighted by Crippen LogP contribution is -1.95. The second-order valence-corrected chi connectivity index (χ2v) is 4.78. The molecule has 0 unspecified atom stereocenters. The maximum atomic E-state index is 10.9. The summed E-state index contributed by atoms with van der Waals surface area (Å²) in [4.78, 5) is 10.9. The van der Waals surface area contributed by atoms with Crippen LogP contribution >= 0.6 is 11.8 Å². The molecule has 0 aliphatic rings. The van der Waals surface area contributed by atoms with Crippen molar-refractivity contribution in [3.05, 3.63) is 39.7 Å². The van der Waals surface area contributed by atoms with Crippen LogP contribution in [0.5, 0.6) is 0 Å². The highest BCUT2D eigenvalue weighted by Crippen LogP contribution is 2.30. The minimum absolute atomic E-state index is 0.0449. The Morgan fingerprint density at radius 3 is 2.74 bits per heavy atom. The van der Waals surface area contributed by atoms with Crippen LogP contribution in [0.3, 0.4) is 0 Å². The Morgan fingerprint density at radius 2 is 2.21 bits per heavy atom. The SMILES string of the molecule is Cc1nnc(Sc2ccc(C#N)c([N+](=O)[O-])c2)n1C. The first-order valence-corrected chi connectivity index (χ1v) is 6.07. The van der Waals surface area contributed by atoms with E-state index in [0.717, 1.165) is 5.82 Å². The van der Waals surface area contributed by atoms with Crippen LogP contribution in [0.15, 0.2) is 28.3 Å². The minimum Gasteiger partial charge on any atom is -0.309 e. The van der Waals surface area contributed by atoms with E-state index in [1.165, 1.54) is 23.9 Å². The van der Waals surface area contributed by atoms with Gasteiger partial charge in [-0.25, -0.2) is 0 Å². The molecule has 8 heteroatoms. The van der Waals surface area contributed by atoms with E-state index < -0.39 is 4.92 Å². The molecule has 0 saturated carbocycles. The molecular formula is C11H9N5O2S. The number of nitro benzene ring substituents is 1. The molecule has 0 saturated heterocycles. The second-order valence-electron chi connectivity index (χ2n) is 3.74. The van der Waals surface area contributed by atoms with Gasteiger partial charge in [0, 0.05) is 18.0 Å². The maximum absolute atomic E-state index is 10.9. The molecule has 7 nitrogen and oxygen atoms in total. The van der Waals surface area contributed by atoms with Gasteiger partial charge in [0.15, 0.2) is 5.16 Å². The average molecular weight is 275 g/mol. The molecule has 0 radical (unpaired) electrons. The Labute approximate surface area is 113 Å². The molecule has 0 spiro atoms. The van der Waals surface area contributed by atoms with Crippen LogP contribution in [-0.4, -0.2) is 19.7 Å². The number of benzene rings is 1. The maximum Gasteiger partial charge on any atom is 0.288 e. The molecule has 0 bridgehead atoms. The van der Waals surface area contributed by atoms with Crippen molar-refractivity contribution in [2.75, 3.05) is 0 Å². The highest BCUT2D eigenvalue weighted by molar-refractivity contribution is 7.99. The quantitative estimate of drug-likeness (QED) is 0.628. The molecule has 0 fully saturated rings. The zero-order chi connectivity index (χ0) is 14.0. The van der Waals surface area contributed by atoms with Crippen molar-refractivity contribution in [1.29, 1.82) is 5.26 Å². The van der Waals surface area contributed by atoms with E-state index >= 15 is 0 Å². The molecule has 0 amide bonds. The zero-order valence-electron chi connectivity index (χ0n) is 10.2. The number of nitriles is 1. The summed E-state index contributed by atoms with van der Waals surface area (Å²) in [7, 11) is 1.82. The smallest absolute Gasteiger partial charge is 0.288 e. The molecule has 19 heavy (non-hydrogen) atoms. The summed E-state index contributed by atoms with van der Waals surface area (Å²) in [5.74, 6) is 0.755. The average Bonchev–Trinajstić information content (AvgIpc) is 2.70. The van der Waals surface area contributed by atoms with Crippen molar-refractivity contribution in [2.45, 2.75) is 17.0 Å². The number of rotatable bonds is 3. The zero-order valence-corrected chi connectivity index (χ0v) is 11.0. The topological polar surface area (TPSA) is 97.6 Å².